The van der Waals surface area contributed by atoms with Gasteiger partial charge in [0.2, 0.25) is 0 Å². The van der Waals surface area contributed by atoms with Crippen molar-refractivity contribution in [2.24, 2.45) is 0 Å². The first-order chi connectivity index (χ1) is 7.69. The Labute approximate surface area is 97.9 Å². The van der Waals surface area contributed by atoms with Crippen molar-refractivity contribution >= 4 is 0 Å². The molecule has 0 spiro atoms. The molecule has 2 heteroatoms. The average Bonchev–Trinajstić information content (AvgIpc) is 2.26. The molecule has 0 amide bonds. The molecule has 1 atom stereocenters. The number of phenols is 2. The molecule has 0 bridgehead atoms. The molecule has 0 saturated carbocycles. The van der Waals surface area contributed by atoms with Crippen LogP contribution in [0.25, 0.3) is 0 Å². The number of benzene rings is 1. The SMILES string of the molecule is CCCCCC(CC)c1ccc(O)cc1O. The molecular weight excluding hydrogens is 200 g/mol. The van der Waals surface area contributed by atoms with Gasteiger partial charge in [-0.25, -0.2) is 0 Å². The first-order valence-corrected chi connectivity index (χ1v) is 6.20. The van der Waals surface area contributed by atoms with Gasteiger partial charge in [-0.15, -0.1) is 0 Å². The van der Waals surface area contributed by atoms with Crippen LogP contribution in [0.1, 0.15) is 57.4 Å². The second kappa shape index (κ2) is 6.41. The highest BCUT2D eigenvalue weighted by molar-refractivity contribution is 5.40. The molecule has 0 aliphatic heterocycles. The van der Waals surface area contributed by atoms with E-state index in [2.05, 4.69) is 13.8 Å². The fourth-order valence-corrected chi connectivity index (χ4v) is 2.10. The van der Waals surface area contributed by atoms with Crippen molar-refractivity contribution < 1.29 is 10.2 Å². The van der Waals surface area contributed by atoms with Crippen molar-refractivity contribution in [3.8, 4) is 11.5 Å². The maximum Gasteiger partial charge on any atom is 0.122 e. The Balaban J connectivity index is 2.70. The molecular formula is C14H22O2. The minimum atomic E-state index is 0.129. The highest BCUT2D eigenvalue weighted by Gasteiger charge is 2.13. The fourth-order valence-electron chi connectivity index (χ4n) is 2.10. The van der Waals surface area contributed by atoms with Crippen LogP contribution in [0.2, 0.25) is 0 Å². The molecule has 0 radical (unpaired) electrons. The van der Waals surface area contributed by atoms with E-state index < -0.39 is 0 Å². The van der Waals surface area contributed by atoms with Gasteiger partial charge in [0, 0.05) is 6.07 Å². The Morgan fingerprint density at radius 3 is 2.44 bits per heavy atom. The standard InChI is InChI=1S/C14H22O2/c1-3-5-6-7-11(4-2)13-9-8-12(15)10-14(13)16/h8-11,15-16H,3-7H2,1-2H3. The predicted octanol–water partition coefficient (Wildman–Crippen LogP) is 4.17. The molecule has 90 valence electrons. The molecule has 2 nitrogen and oxygen atoms in total. The third-order valence-corrected chi connectivity index (χ3v) is 3.10. The number of unbranched alkanes of at least 4 members (excludes halogenated alkanes) is 2. The van der Waals surface area contributed by atoms with Crippen LogP contribution in [0.15, 0.2) is 18.2 Å². The predicted molar refractivity (Wildman–Crippen MR) is 66.9 cm³/mol. The van der Waals surface area contributed by atoms with Gasteiger partial charge in [-0.2, -0.15) is 0 Å². The molecule has 1 unspecified atom stereocenters. The number of hydrogen-bond donors (Lipinski definition) is 2. The Morgan fingerprint density at radius 2 is 1.88 bits per heavy atom. The van der Waals surface area contributed by atoms with Crippen molar-refractivity contribution in [1.29, 1.82) is 0 Å². The lowest BCUT2D eigenvalue weighted by Crippen LogP contribution is -1.98. The molecule has 0 heterocycles. The van der Waals surface area contributed by atoms with Crippen molar-refractivity contribution in [3.05, 3.63) is 23.8 Å². The third-order valence-electron chi connectivity index (χ3n) is 3.10. The lowest BCUT2D eigenvalue weighted by atomic mass is 9.90. The minimum Gasteiger partial charge on any atom is -0.508 e. The summed E-state index contributed by atoms with van der Waals surface area (Å²) in [6.07, 6.45) is 5.81. The summed E-state index contributed by atoms with van der Waals surface area (Å²) < 4.78 is 0. The van der Waals surface area contributed by atoms with Gasteiger partial charge in [-0.1, -0.05) is 39.2 Å². The minimum absolute atomic E-state index is 0.129. The van der Waals surface area contributed by atoms with E-state index in [1.54, 1.807) is 6.07 Å². The summed E-state index contributed by atoms with van der Waals surface area (Å²) in [5, 5.41) is 19.0. The van der Waals surface area contributed by atoms with Crippen LogP contribution in [-0.2, 0) is 0 Å². The molecule has 0 fully saturated rings. The van der Waals surface area contributed by atoms with Crippen LogP contribution in [0, 0.1) is 0 Å². The summed E-state index contributed by atoms with van der Waals surface area (Å²) in [4.78, 5) is 0. The summed E-state index contributed by atoms with van der Waals surface area (Å²) in [6.45, 7) is 4.34. The average molecular weight is 222 g/mol. The van der Waals surface area contributed by atoms with Crippen LogP contribution in [0.4, 0.5) is 0 Å². The second-order valence-electron chi connectivity index (χ2n) is 4.34. The second-order valence-corrected chi connectivity index (χ2v) is 4.34. The van der Waals surface area contributed by atoms with Crippen LogP contribution in [0.5, 0.6) is 11.5 Å². The number of hydrogen-bond acceptors (Lipinski definition) is 2. The smallest absolute Gasteiger partial charge is 0.122 e. The Bertz CT molecular complexity index is 321. The van der Waals surface area contributed by atoms with Gasteiger partial charge in [0.05, 0.1) is 0 Å². The zero-order chi connectivity index (χ0) is 12.0. The highest BCUT2D eigenvalue weighted by Crippen LogP contribution is 2.34. The largest absolute Gasteiger partial charge is 0.508 e. The van der Waals surface area contributed by atoms with Gasteiger partial charge >= 0.3 is 0 Å². The van der Waals surface area contributed by atoms with E-state index in [0.717, 1.165) is 18.4 Å². The third kappa shape index (κ3) is 3.44. The van der Waals surface area contributed by atoms with E-state index >= 15 is 0 Å². The first-order valence-electron chi connectivity index (χ1n) is 6.20. The fraction of sp³-hybridized carbons (Fsp3) is 0.571. The summed E-state index contributed by atoms with van der Waals surface area (Å²) in [7, 11) is 0. The number of phenolic OH excluding ortho intramolecular Hbond substituents is 2. The number of rotatable bonds is 6. The maximum atomic E-state index is 9.79. The molecule has 16 heavy (non-hydrogen) atoms. The highest BCUT2D eigenvalue weighted by atomic mass is 16.3. The summed E-state index contributed by atoms with van der Waals surface area (Å²) in [5.74, 6) is 0.764. The molecule has 1 aromatic rings. The van der Waals surface area contributed by atoms with E-state index in [4.69, 9.17) is 0 Å². The zero-order valence-electron chi connectivity index (χ0n) is 10.2. The van der Waals surface area contributed by atoms with Gasteiger partial charge < -0.3 is 10.2 Å². The first kappa shape index (κ1) is 12.9. The van der Waals surface area contributed by atoms with Crippen LogP contribution in [-0.4, -0.2) is 10.2 Å². The van der Waals surface area contributed by atoms with E-state index in [-0.39, 0.29) is 11.5 Å². The molecule has 0 saturated heterocycles. The zero-order valence-corrected chi connectivity index (χ0v) is 10.2. The van der Waals surface area contributed by atoms with Crippen molar-refractivity contribution in [2.75, 3.05) is 0 Å². The van der Waals surface area contributed by atoms with Gasteiger partial charge in [0.15, 0.2) is 0 Å². The number of aromatic hydroxyl groups is 2. The molecule has 0 aliphatic carbocycles. The van der Waals surface area contributed by atoms with Crippen LogP contribution >= 0.6 is 0 Å². The summed E-state index contributed by atoms with van der Waals surface area (Å²) in [6, 6.07) is 4.92. The topological polar surface area (TPSA) is 40.5 Å². The maximum absolute atomic E-state index is 9.79. The monoisotopic (exact) mass is 222 g/mol. The molecule has 0 aliphatic rings. The van der Waals surface area contributed by atoms with Gasteiger partial charge in [0.25, 0.3) is 0 Å². The quantitative estimate of drug-likeness (QED) is 0.709. The lowest BCUT2D eigenvalue weighted by molar-refractivity contribution is 0.435. The van der Waals surface area contributed by atoms with Gasteiger partial charge in [-0.05, 0) is 30.4 Å². The normalized spacial score (nSPS) is 12.6. The molecule has 2 N–H and O–H groups in total. The van der Waals surface area contributed by atoms with Crippen molar-refractivity contribution in [2.45, 2.75) is 51.9 Å². The van der Waals surface area contributed by atoms with Gasteiger partial charge in [0.1, 0.15) is 11.5 Å². The Hall–Kier alpha value is -1.18. The van der Waals surface area contributed by atoms with Crippen molar-refractivity contribution in [3.63, 3.8) is 0 Å². The van der Waals surface area contributed by atoms with E-state index in [1.807, 2.05) is 6.07 Å². The summed E-state index contributed by atoms with van der Waals surface area (Å²) in [5.41, 5.74) is 0.969. The lowest BCUT2D eigenvalue weighted by Gasteiger charge is -2.16. The molecule has 1 aromatic carbocycles. The molecule has 1 rings (SSSR count). The van der Waals surface area contributed by atoms with Gasteiger partial charge in [-0.3, -0.25) is 0 Å². The molecule has 0 aromatic heterocycles. The van der Waals surface area contributed by atoms with Crippen LogP contribution in [0.3, 0.4) is 0 Å². The Morgan fingerprint density at radius 1 is 1.12 bits per heavy atom. The summed E-state index contributed by atoms with van der Waals surface area (Å²) >= 11 is 0. The van der Waals surface area contributed by atoms with Crippen molar-refractivity contribution in [1.82, 2.24) is 0 Å². The van der Waals surface area contributed by atoms with E-state index in [9.17, 15) is 10.2 Å². The van der Waals surface area contributed by atoms with Crippen LogP contribution < -0.4 is 0 Å². The Kier molecular flexibility index (Phi) is 5.17. The van der Waals surface area contributed by atoms with E-state index in [1.165, 1.54) is 25.3 Å². The van der Waals surface area contributed by atoms with E-state index in [0.29, 0.717) is 5.92 Å².